The number of carbonyl (C=O) groups is 1. The molecule has 3 nitrogen and oxygen atoms in total. The first-order valence-corrected chi connectivity index (χ1v) is 12.3. The molecule has 1 heterocycles. The first-order valence-electron chi connectivity index (χ1n) is 12.3. The zero-order valence-electron chi connectivity index (χ0n) is 20.5. The summed E-state index contributed by atoms with van der Waals surface area (Å²) in [6, 6.07) is 25.2. The molecule has 0 N–H and O–H groups in total. The molecule has 1 saturated heterocycles. The van der Waals surface area contributed by atoms with Gasteiger partial charge in [0, 0.05) is 44.2 Å². The highest BCUT2D eigenvalue weighted by molar-refractivity contribution is 5.94. The summed E-state index contributed by atoms with van der Waals surface area (Å²) >= 11 is 0. The van der Waals surface area contributed by atoms with Crippen molar-refractivity contribution in [3.05, 3.63) is 107 Å². The van der Waals surface area contributed by atoms with Crippen molar-refractivity contribution >= 4 is 5.91 Å². The number of aryl methyl sites for hydroxylation is 1. The molecular formula is C30H35FN2O. The molecule has 3 aromatic carbocycles. The van der Waals surface area contributed by atoms with Gasteiger partial charge < -0.3 is 4.90 Å². The summed E-state index contributed by atoms with van der Waals surface area (Å²) in [5, 5.41) is 0. The van der Waals surface area contributed by atoms with E-state index in [1.165, 1.54) is 17.2 Å². The summed E-state index contributed by atoms with van der Waals surface area (Å²) in [7, 11) is 0. The fourth-order valence-corrected chi connectivity index (χ4v) is 5.07. The molecule has 1 aliphatic rings. The summed E-state index contributed by atoms with van der Waals surface area (Å²) in [5.74, 6) is 0.653. The molecule has 4 heteroatoms. The van der Waals surface area contributed by atoms with Crippen LogP contribution in [0.15, 0.2) is 78.9 Å². The van der Waals surface area contributed by atoms with Gasteiger partial charge in [0.2, 0.25) is 0 Å². The Bertz CT molecular complexity index is 1080. The topological polar surface area (TPSA) is 23.6 Å². The second-order valence-electron chi connectivity index (χ2n) is 10.1. The average Bonchev–Trinajstić information content (AvgIpc) is 3.22. The SMILES string of the molecule is Cc1ccc(CN2CC(CN(CC(C)C)C(=O)c3ccccc3)C(c3cccc(F)c3)C2)cc1. The third kappa shape index (κ3) is 6.12. The zero-order chi connectivity index (χ0) is 24.1. The molecule has 1 amide bonds. The standard InChI is InChI=1S/C30H35FN2O/c1-22(2)17-33(30(34)25-8-5-4-6-9-25)20-27-19-32(18-24-14-12-23(3)13-15-24)21-29(27)26-10-7-11-28(31)16-26/h4-16,22,27,29H,17-21H2,1-3H3. The first-order chi connectivity index (χ1) is 16.4. The number of likely N-dealkylation sites (tertiary alicyclic amines) is 1. The van der Waals surface area contributed by atoms with Crippen molar-refractivity contribution in [2.45, 2.75) is 33.2 Å². The molecule has 0 spiro atoms. The number of amides is 1. The highest BCUT2D eigenvalue weighted by Gasteiger charge is 2.36. The summed E-state index contributed by atoms with van der Waals surface area (Å²) in [4.78, 5) is 17.9. The lowest BCUT2D eigenvalue weighted by atomic mass is 9.88. The van der Waals surface area contributed by atoms with Gasteiger partial charge in [-0.05, 0) is 54.2 Å². The van der Waals surface area contributed by atoms with E-state index < -0.39 is 0 Å². The van der Waals surface area contributed by atoms with Crippen LogP contribution in [0.2, 0.25) is 0 Å². The molecule has 4 rings (SSSR count). The van der Waals surface area contributed by atoms with Gasteiger partial charge in [-0.1, -0.05) is 74.0 Å². The van der Waals surface area contributed by atoms with E-state index in [2.05, 4.69) is 49.9 Å². The van der Waals surface area contributed by atoms with Crippen molar-refractivity contribution in [2.24, 2.45) is 11.8 Å². The van der Waals surface area contributed by atoms with Crippen LogP contribution in [0.25, 0.3) is 0 Å². The molecule has 2 atom stereocenters. The van der Waals surface area contributed by atoms with E-state index in [0.717, 1.165) is 30.8 Å². The zero-order valence-corrected chi connectivity index (χ0v) is 20.5. The second kappa shape index (κ2) is 11.0. The number of hydrogen-bond acceptors (Lipinski definition) is 2. The van der Waals surface area contributed by atoms with E-state index in [1.807, 2.05) is 41.3 Å². The summed E-state index contributed by atoms with van der Waals surface area (Å²) in [5.41, 5.74) is 4.28. The quantitative estimate of drug-likeness (QED) is 0.404. The highest BCUT2D eigenvalue weighted by atomic mass is 19.1. The summed E-state index contributed by atoms with van der Waals surface area (Å²) in [6.07, 6.45) is 0. The predicted octanol–water partition coefficient (Wildman–Crippen LogP) is 6.15. The van der Waals surface area contributed by atoms with E-state index in [4.69, 9.17) is 0 Å². The molecule has 178 valence electrons. The van der Waals surface area contributed by atoms with Crippen LogP contribution in [0, 0.1) is 24.6 Å². The van der Waals surface area contributed by atoms with E-state index >= 15 is 0 Å². The smallest absolute Gasteiger partial charge is 0.253 e. The Hall–Kier alpha value is -2.98. The number of carbonyl (C=O) groups excluding carboxylic acids is 1. The molecule has 0 aromatic heterocycles. The Morgan fingerprint density at radius 3 is 2.41 bits per heavy atom. The molecule has 0 saturated carbocycles. The number of benzene rings is 3. The van der Waals surface area contributed by atoms with Gasteiger partial charge in [-0.2, -0.15) is 0 Å². The van der Waals surface area contributed by atoms with Gasteiger partial charge >= 0.3 is 0 Å². The van der Waals surface area contributed by atoms with Gasteiger partial charge in [0.05, 0.1) is 0 Å². The minimum atomic E-state index is -0.201. The normalized spacial score (nSPS) is 18.4. The average molecular weight is 459 g/mol. The van der Waals surface area contributed by atoms with E-state index in [1.54, 1.807) is 12.1 Å². The minimum Gasteiger partial charge on any atom is -0.338 e. The van der Waals surface area contributed by atoms with Crippen molar-refractivity contribution in [3.8, 4) is 0 Å². The van der Waals surface area contributed by atoms with Crippen molar-refractivity contribution in [3.63, 3.8) is 0 Å². The van der Waals surface area contributed by atoms with Gasteiger partial charge in [-0.25, -0.2) is 4.39 Å². The van der Waals surface area contributed by atoms with Crippen molar-refractivity contribution in [2.75, 3.05) is 26.2 Å². The molecule has 0 aliphatic carbocycles. The predicted molar refractivity (Wildman–Crippen MR) is 136 cm³/mol. The molecule has 1 fully saturated rings. The molecule has 3 aromatic rings. The Kier molecular flexibility index (Phi) is 7.79. The van der Waals surface area contributed by atoms with E-state index in [0.29, 0.717) is 19.0 Å². The van der Waals surface area contributed by atoms with Crippen molar-refractivity contribution in [1.82, 2.24) is 9.80 Å². The van der Waals surface area contributed by atoms with Crippen LogP contribution in [0.3, 0.4) is 0 Å². The molecule has 0 bridgehead atoms. The van der Waals surface area contributed by atoms with Crippen LogP contribution >= 0.6 is 0 Å². The molecule has 2 unspecified atom stereocenters. The van der Waals surface area contributed by atoms with Crippen LogP contribution in [0.5, 0.6) is 0 Å². The lowest BCUT2D eigenvalue weighted by Crippen LogP contribution is -2.39. The first kappa shape index (κ1) is 24.2. The Morgan fingerprint density at radius 1 is 1.00 bits per heavy atom. The molecule has 34 heavy (non-hydrogen) atoms. The fourth-order valence-electron chi connectivity index (χ4n) is 5.07. The van der Waals surface area contributed by atoms with Crippen LogP contribution < -0.4 is 0 Å². The summed E-state index contributed by atoms with van der Waals surface area (Å²) < 4.78 is 14.1. The summed E-state index contributed by atoms with van der Waals surface area (Å²) in [6.45, 7) is 10.4. The lowest BCUT2D eigenvalue weighted by Gasteiger charge is -2.30. The van der Waals surface area contributed by atoms with Crippen molar-refractivity contribution < 1.29 is 9.18 Å². The van der Waals surface area contributed by atoms with Gasteiger partial charge in [-0.3, -0.25) is 9.69 Å². The second-order valence-corrected chi connectivity index (χ2v) is 10.1. The number of nitrogens with zero attached hydrogens (tertiary/aromatic N) is 2. The van der Waals surface area contributed by atoms with Gasteiger partial charge in [0.1, 0.15) is 5.82 Å². The maximum Gasteiger partial charge on any atom is 0.253 e. The number of hydrogen-bond donors (Lipinski definition) is 0. The van der Waals surface area contributed by atoms with Crippen molar-refractivity contribution in [1.29, 1.82) is 0 Å². The number of halogens is 1. The molecule has 0 radical (unpaired) electrons. The van der Waals surface area contributed by atoms with Gasteiger partial charge in [0.25, 0.3) is 5.91 Å². The Balaban J connectivity index is 1.58. The third-order valence-corrected chi connectivity index (χ3v) is 6.67. The highest BCUT2D eigenvalue weighted by Crippen LogP contribution is 2.35. The molecule has 1 aliphatic heterocycles. The minimum absolute atomic E-state index is 0.0734. The third-order valence-electron chi connectivity index (χ3n) is 6.67. The van der Waals surface area contributed by atoms with E-state index in [9.17, 15) is 9.18 Å². The molecular weight excluding hydrogens is 423 g/mol. The largest absolute Gasteiger partial charge is 0.338 e. The maximum absolute atomic E-state index is 14.1. The van der Waals surface area contributed by atoms with Crippen LogP contribution in [0.1, 0.15) is 46.8 Å². The van der Waals surface area contributed by atoms with Crippen LogP contribution in [-0.2, 0) is 6.54 Å². The van der Waals surface area contributed by atoms with Gasteiger partial charge in [0.15, 0.2) is 0 Å². The number of rotatable bonds is 8. The van der Waals surface area contributed by atoms with E-state index in [-0.39, 0.29) is 23.6 Å². The van der Waals surface area contributed by atoms with Crippen LogP contribution in [0.4, 0.5) is 4.39 Å². The van der Waals surface area contributed by atoms with Crippen LogP contribution in [-0.4, -0.2) is 41.9 Å². The maximum atomic E-state index is 14.1. The monoisotopic (exact) mass is 458 g/mol. The lowest BCUT2D eigenvalue weighted by molar-refractivity contribution is 0.0703. The Morgan fingerprint density at radius 2 is 1.74 bits per heavy atom. The Labute approximate surface area is 203 Å². The van der Waals surface area contributed by atoms with Gasteiger partial charge in [-0.15, -0.1) is 0 Å². The fraction of sp³-hybridized carbons (Fsp3) is 0.367.